The predicted molar refractivity (Wildman–Crippen MR) is 40.6 cm³/mol. The third-order valence-electron chi connectivity index (χ3n) is 1.09. The fourth-order valence-corrected chi connectivity index (χ4v) is 0.682. The van der Waals surface area contributed by atoms with Gasteiger partial charge in [-0.05, 0) is 12.1 Å². The Balaban J connectivity index is 3.15. The van der Waals surface area contributed by atoms with E-state index >= 15 is 0 Å². The van der Waals surface area contributed by atoms with Crippen LogP contribution in [0, 0.1) is 0 Å². The van der Waals surface area contributed by atoms with Crippen LogP contribution in [0.2, 0.25) is 5.02 Å². The maximum Gasteiger partial charge on any atom is 0.354 e. The van der Waals surface area contributed by atoms with Crippen molar-refractivity contribution < 1.29 is 9.90 Å². The zero-order valence-corrected chi connectivity index (χ0v) is 6.17. The summed E-state index contributed by atoms with van der Waals surface area (Å²) in [7, 11) is 0. The Bertz CT molecular complexity index is 301. The van der Waals surface area contributed by atoms with Gasteiger partial charge >= 0.3 is 5.97 Å². The maximum absolute atomic E-state index is 10.3. The number of nitrogens with zero attached hydrogens (tertiary/aromatic N) is 1. The molecule has 0 aliphatic heterocycles. The van der Waals surface area contributed by atoms with Crippen molar-refractivity contribution in [3.8, 4) is 0 Å². The molecule has 0 saturated carbocycles. The molecule has 0 spiro atoms. The quantitative estimate of drug-likeness (QED) is 0.663. The molecule has 1 heterocycles. The summed E-state index contributed by atoms with van der Waals surface area (Å²) in [6.45, 7) is 0. The van der Waals surface area contributed by atoms with E-state index in [1.807, 2.05) is 0 Å². The lowest BCUT2D eigenvalue weighted by atomic mass is 10.3. The first-order valence-corrected chi connectivity index (χ1v) is 3.14. The molecule has 1 aromatic rings. The minimum atomic E-state index is -1.12. The SMILES string of the molecule is Nc1nc(C(=O)O)ccc1Cl. The van der Waals surface area contributed by atoms with Crippen molar-refractivity contribution in [1.29, 1.82) is 0 Å². The number of nitrogen functional groups attached to an aromatic ring is 1. The van der Waals surface area contributed by atoms with Gasteiger partial charge in [0.25, 0.3) is 0 Å². The monoisotopic (exact) mass is 172 g/mol. The van der Waals surface area contributed by atoms with E-state index in [2.05, 4.69) is 4.98 Å². The van der Waals surface area contributed by atoms with Crippen LogP contribution in [-0.4, -0.2) is 16.1 Å². The van der Waals surface area contributed by atoms with Crippen molar-refractivity contribution in [2.45, 2.75) is 0 Å². The Hall–Kier alpha value is -1.29. The highest BCUT2D eigenvalue weighted by atomic mass is 35.5. The average Bonchev–Trinajstić information content (AvgIpc) is 1.94. The summed E-state index contributed by atoms with van der Waals surface area (Å²) in [5.41, 5.74) is 5.15. The lowest BCUT2D eigenvalue weighted by Gasteiger charge is -1.96. The van der Waals surface area contributed by atoms with E-state index in [1.54, 1.807) is 0 Å². The molecule has 0 aromatic carbocycles. The van der Waals surface area contributed by atoms with Gasteiger partial charge in [-0.3, -0.25) is 0 Å². The Morgan fingerprint density at radius 3 is 2.73 bits per heavy atom. The van der Waals surface area contributed by atoms with E-state index in [1.165, 1.54) is 12.1 Å². The van der Waals surface area contributed by atoms with Gasteiger partial charge in [-0.1, -0.05) is 11.6 Å². The summed E-state index contributed by atoms with van der Waals surface area (Å²) in [5, 5.41) is 8.70. The highest BCUT2D eigenvalue weighted by Gasteiger charge is 2.05. The highest BCUT2D eigenvalue weighted by molar-refractivity contribution is 6.32. The molecular weight excluding hydrogens is 168 g/mol. The Labute approximate surface area is 67.6 Å². The number of rotatable bonds is 1. The van der Waals surface area contributed by atoms with Crippen LogP contribution >= 0.6 is 11.6 Å². The summed E-state index contributed by atoms with van der Waals surface area (Å²) in [6.07, 6.45) is 0. The molecule has 0 saturated heterocycles. The summed E-state index contributed by atoms with van der Waals surface area (Å²) in [4.78, 5) is 13.8. The van der Waals surface area contributed by atoms with Crippen LogP contribution < -0.4 is 5.73 Å². The smallest absolute Gasteiger partial charge is 0.354 e. The van der Waals surface area contributed by atoms with E-state index in [-0.39, 0.29) is 16.5 Å². The molecule has 0 radical (unpaired) electrons. The van der Waals surface area contributed by atoms with Crippen molar-refractivity contribution in [3.63, 3.8) is 0 Å². The Kier molecular flexibility index (Phi) is 1.96. The second-order valence-electron chi connectivity index (χ2n) is 1.87. The third kappa shape index (κ3) is 1.59. The molecule has 0 aliphatic carbocycles. The fraction of sp³-hybridized carbons (Fsp3) is 0. The zero-order chi connectivity index (χ0) is 8.43. The van der Waals surface area contributed by atoms with E-state index in [0.29, 0.717) is 0 Å². The van der Waals surface area contributed by atoms with Crippen LogP contribution in [0.1, 0.15) is 10.5 Å². The summed E-state index contributed by atoms with van der Waals surface area (Å²) in [5.74, 6) is -1.08. The molecule has 5 heteroatoms. The standard InChI is InChI=1S/C6H5ClN2O2/c7-3-1-2-4(6(10)11)9-5(3)8/h1-2H,(H2,8,9)(H,10,11). The number of halogens is 1. The Morgan fingerprint density at radius 2 is 2.27 bits per heavy atom. The number of anilines is 1. The van der Waals surface area contributed by atoms with E-state index < -0.39 is 5.97 Å². The van der Waals surface area contributed by atoms with Gasteiger partial charge in [-0.25, -0.2) is 9.78 Å². The van der Waals surface area contributed by atoms with Gasteiger partial charge in [0.1, 0.15) is 5.82 Å². The summed E-state index contributed by atoms with van der Waals surface area (Å²) in [6, 6.07) is 2.69. The van der Waals surface area contributed by atoms with E-state index in [0.717, 1.165) is 0 Å². The van der Waals surface area contributed by atoms with Gasteiger partial charge < -0.3 is 10.8 Å². The fourth-order valence-electron chi connectivity index (χ4n) is 0.577. The second kappa shape index (κ2) is 2.75. The van der Waals surface area contributed by atoms with Crippen LogP contribution in [0.5, 0.6) is 0 Å². The molecule has 0 unspecified atom stereocenters. The number of hydrogen-bond acceptors (Lipinski definition) is 3. The topological polar surface area (TPSA) is 76.2 Å². The van der Waals surface area contributed by atoms with Crippen LogP contribution in [0.15, 0.2) is 12.1 Å². The summed E-state index contributed by atoms with van der Waals surface area (Å²) < 4.78 is 0. The number of aromatic nitrogens is 1. The van der Waals surface area contributed by atoms with E-state index in [9.17, 15) is 4.79 Å². The average molecular weight is 173 g/mol. The second-order valence-corrected chi connectivity index (χ2v) is 2.28. The van der Waals surface area contributed by atoms with Crippen LogP contribution in [0.3, 0.4) is 0 Å². The molecule has 1 aromatic heterocycles. The molecule has 58 valence electrons. The molecule has 0 bridgehead atoms. The predicted octanol–water partition coefficient (Wildman–Crippen LogP) is 1.02. The van der Waals surface area contributed by atoms with Gasteiger partial charge in [0.2, 0.25) is 0 Å². The van der Waals surface area contributed by atoms with Crippen LogP contribution in [0.25, 0.3) is 0 Å². The largest absolute Gasteiger partial charge is 0.477 e. The van der Waals surface area contributed by atoms with Crippen molar-refractivity contribution in [2.75, 3.05) is 5.73 Å². The minimum absolute atomic E-state index is 0.0339. The zero-order valence-electron chi connectivity index (χ0n) is 5.41. The molecular formula is C6H5ClN2O2. The van der Waals surface area contributed by atoms with Crippen molar-refractivity contribution in [1.82, 2.24) is 4.98 Å². The maximum atomic E-state index is 10.3. The molecule has 1 rings (SSSR count). The molecule has 0 aliphatic rings. The normalized spacial score (nSPS) is 9.55. The lowest BCUT2D eigenvalue weighted by Crippen LogP contribution is -2.02. The van der Waals surface area contributed by atoms with Gasteiger partial charge in [0.05, 0.1) is 5.02 Å². The number of hydrogen-bond donors (Lipinski definition) is 2. The molecule has 4 nitrogen and oxygen atoms in total. The molecule has 11 heavy (non-hydrogen) atoms. The van der Waals surface area contributed by atoms with Crippen molar-refractivity contribution >= 4 is 23.4 Å². The van der Waals surface area contributed by atoms with E-state index in [4.69, 9.17) is 22.4 Å². The third-order valence-corrected chi connectivity index (χ3v) is 1.41. The highest BCUT2D eigenvalue weighted by Crippen LogP contribution is 2.15. The van der Waals surface area contributed by atoms with Gasteiger partial charge in [0, 0.05) is 0 Å². The molecule has 3 N–H and O–H groups in total. The van der Waals surface area contributed by atoms with Gasteiger partial charge in [0.15, 0.2) is 5.69 Å². The lowest BCUT2D eigenvalue weighted by molar-refractivity contribution is 0.0690. The molecule has 0 fully saturated rings. The van der Waals surface area contributed by atoms with Crippen molar-refractivity contribution in [2.24, 2.45) is 0 Å². The van der Waals surface area contributed by atoms with Gasteiger partial charge in [-0.2, -0.15) is 0 Å². The van der Waals surface area contributed by atoms with Gasteiger partial charge in [-0.15, -0.1) is 0 Å². The number of aromatic carboxylic acids is 1. The Morgan fingerprint density at radius 1 is 1.64 bits per heavy atom. The molecule has 0 atom stereocenters. The molecule has 0 amide bonds. The van der Waals surface area contributed by atoms with Crippen molar-refractivity contribution in [3.05, 3.63) is 22.8 Å². The first-order valence-electron chi connectivity index (χ1n) is 2.76. The number of nitrogens with two attached hydrogens (primary N) is 1. The number of pyridine rings is 1. The number of carboxylic acids is 1. The first-order chi connectivity index (χ1) is 5.11. The van der Waals surface area contributed by atoms with Crippen LogP contribution in [-0.2, 0) is 0 Å². The number of carbonyl (C=O) groups is 1. The summed E-state index contributed by atoms with van der Waals surface area (Å²) >= 11 is 5.50. The minimum Gasteiger partial charge on any atom is -0.477 e. The first kappa shape index (κ1) is 7.81. The van der Waals surface area contributed by atoms with Crippen LogP contribution in [0.4, 0.5) is 5.82 Å². The number of carboxylic acid groups (broad SMARTS) is 1.